The van der Waals surface area contributed by atoms with Crippen LogP contribution in [0.4, 0.5) is 21.5 Å². The highest BCUT2D eigenvalue weighted by Gasteiger charge is 2.36. The van der Waals surface area contributed by atoms with Crippen LogP contribution in [0.3, 0.4) is 0 Å². The Kier molecular flexibility index (Phi) is 8.21. The average Bonchev–Trinajstić information content (AvgIpc) is 3.33. The quantitative estimate of drug-likeness (QED) is 0.293. The SMILES string of the molecule is CN(C)c1ccc([C@H](C(=O)NCc2ccccc2)N(C(=O)c2snc(C(N)=O)c2N)c2ccc(F)cc2)cc1. The van der Waals surface area contributed by atoms with Crippen LogP contribution in [0.2, 0.25) is 0 Å². The van der Waals surface area contributed by atoms with Gasteiger partial charge in [0.25, 0.3) is 11.8 Å². The van der Waals surface area contributed by atoms with E-state index in [0.29, 0.717) is 17.1 Å². The third-order valence-corrected chi connectivity index (χ3v) is 6.87. The number of benzene rings is 3. The molecule has 39 heavy (non-hydrogen) atoms. The Bertz CT molecular complexity index is 1470. The fourth-order valence-electron chi connectivity index (χ4n) is 3.98. The molecule has 0 saturated heterocycles. The summed E-state index contributed by atoms with van der Waals surface area (Å²) in [5.41, 5.74) is 13.5. The van der Waals surface area contributed by atoms with Crippen LogP contribution in [0.15, 0.2) is 78.9 Å². The molecule has 5 N–H and O–H groups in total. The van der Waals surface area contributed by atoms with Crippen LogP contribution in [0.5, 0.6) is 0 Å². The van der Waals surface area contributed by atoms with Crippen molar-refractivity contribution in [2.24, 2.45) is 5.73 Å². The Labute approximate surface area is 229 Å². The van der Waals surface area contributed by atoms with Gasteiger partial charge in [-0.05, 0) is 59.1 Å². The highest BCUT2D eigenvalue weighted by Crippen LogP contribution is 2.34. The van der Waals surface area contributed by atoms with Crippen LogP contribution in [0, 0.1) is 5.82 Å². The lowest BCUT2D eigenvalue weighted by molar-refractivity contribution is -0.122. The zero-order chi connectivity index (χ0) is 28.1. The average molecular weight is 547 g/mol. The van der Waals surface area contributed by atoms with E-state index in [1.165, 1.54) is 29.2 Å². The summed E-state index contributed by atoms with van der Waals surface area (Å²) < 4.78 is 17.8. The summed E-state index contributed by atoms with van der Waals surface area (Å²) >= 11 is 0.700. The van der Waals surface area contributed by atoms with Crippen molar-refractivity contribution in [1.82, 2.24) is 9.69 Å². The van der Waals surface area contributed by atoms with Gasteiger partial charge < -0.3 is 21.7 Å². The van der Waals surface area contributed by atoms with Crippen LogP contribution >= 0.6 is 11.5 Å². The molecule has 0 aliphatic heterocycles. The number of amides is 3. The smallest absolute Gasteiger partial charge is 0.273 e. The lowest BCUT2D eigenvalue weighted by Crippen LogP contribution is -2.44. The Balaban J connectivity index is 1.83. The zero-order valence-electron chi connectivity index (χ0n) is 21.3. The van der Waals surface area contributed by atoms with Gasteiger partial charge in [-0.3, -0.25) is 19.3 Å². The second-order valence-electron chi connectivity index (χ2n) is 8.88. The van der Waals surface area contributed by atoms with E-state index < -0.39 is 29.6 Å². The van der Waals surface area contributed by atoms with Crippen molar-refractivity contribution in [2.75, 3.05) is 29.6 Å². The van der Waals surface area contributed by atoms with Crippen molar-refractivity contribution in [3.05, 3.63) is 106 Å². The predicted molar refractivity (Wildman–Crippen MR) is 150 cm³/mol. The summed E-state index contributed by atoms with van der Waals surface area (Å²) in [7, 11) is 3.77. The van der Waals surface area contributed by atoms with Crippen LogP contribution in [0.25, 0.3) is 0 Å². The first-order chi connectivity index (χ1) is 18.7. The number of nitrogens with one attached hydrogen (secondary N) is 1. The molecule has 1 atom stereocenters. The number of carbonyl (C=O) groups excluding carboxylic acids is 3. The lowest BCUT2D eigenvalue weighted by atomic mass is 10.0. The van der Waals surface area contributed by atoms with E-state index in [4.69, 9.17) is 11.5 Å². The molecule has 3 aromatic carbocycles. The molecule has 0 unspecified atom stereocenters. The van der Waals surface area contributed by atoms with Gasteiger partial charge in [-0.25, -0.2) is 4.39 Å². The molecule has 0 saturated carbocycles. The van der Waals surface area contributed by atoms with Crippen molar-refractivity contribution in [3.63, 3.8) is 0 Å². The second-order valence-corrected chi connectivity index (χ2v) is 9.66. The third-order valence-electron chi connectivity index (χ3n) is 6.02. The molecule has 0 aliphatic rings. The number of aromatic nitrogens is 1. The molecule has 200 valence electrons. The maximum atomic E-state index is 14.0. The Morgan fingerprint density at radius 2 is 1.56 bits per heavy atom. The summed E-state index contributed by atoms with van der Waals surface area (Å²) in [5, 5.41) is 2.91. The van der Waals surface area contributed by atoms with Gasteiger partial charge in [-0.2, -0.15) is 4.37 Å². The standard InChI is InChI=1S/C28H27FN6O3S/c1-34(2)20-12-8-18(9-13-20)24(27(37)32-16-17-6-4-3-5-7-17)35(21-14-10-19(29)11-15-21)28(38)25-22(30)23(26(31)36)33-39-25/h3-15,24H,16,30H2,1-2H3,(H2,31,36)(H,32,37)/t24-/m1/s1. The van der Waals surface area contributed by atoms with Crippen LogP contribution < -0.4 is 26.6 Å². The highest BCUT2D eigenvalue weighted by atomic mass is 32.1. The molecule has 0 bridgehead atoms. The highest BCUT2D eigenvalue weighted by molar-refractivity contribution is 7.09. The van der Waals surface area contributed by atoms with Gasteiger partial charge in [0.15, 0.2) is 5.69 Å². The Morgan fingerprint density at radius 1 is 0.949 bits per heavy atom. The Hall–Kier alpha value is -4.77. The zero-order valence-corrected chi connectivity index (χ0v) is 22.1. The van der Waals surface area contributed by atoms with E-state index in [2.05, 4.69) is 9.69 Å². The fourth-order valence-corrected chi connectivity index (χ4v) is 4.72. The van der Waals surface area contributed by atoms with Crippen molar-refractivity contribution >= 4 is 46.3 Å². The van der Waals surface area contributed by atoms with Crippen molar-refractivity contribution in [2.45, 2.75) is 12.6 Å². The van der Waals surface area contributed by atoms with Crippen molar-refractivity contribution < 1.29 is 18.8 Å². The van der Waals surface area contributed by atoms with Crippen LogP contribution in [-0.2, 0) is 11.3 Å². The van der Waals surface area contributed by atoms with Gasteiger partial charge in [-0.1, -0.05) is 42.5 Å². The molecule has 0 radical (unpaired) electrons. The topological polar surface area (TPSA) is 135 Å². The maximum absolute atomic E-state index is 14.0. The minimum absolute atomic E-state index is 0.0705. The molecule has 11 heteroatoms. The summed E-state index contributed by atoms with van der Waals surface area (Å²) in [6.45, 7) is 0.214. The number of rotatable bonds is 9. The molecule has 0 spiro atoms. The number of nitrogen functional groups attached to an aromatic ring is 1. The van der Waals surface area contributed by atoms with E-state index in [-0.39, 0.29) is 28.5 Å². The number of hydrogen-bond acceptors (Lipinski definition) is 7. The molecule has 0 fully saturated rings. The van der Waals surface area contributed by atoms with Crippen molar-refractivity contribution in [3.8, 4) is 0 Å². The molecule has 9 nitrogen and oxygen atoms in total. The van der Waals surface area contributed by atoms with Gasteiger partial charge in [0.05, 0.1) is 5.69 Å². The molecular weight excluding hydrogens is 519 g/mol. The Morgan fingerprint density at radius 3 is 2.13 bits per heavy atom. The van der Waals surface area contributed by atoms with Gasteiger partial charge in [0.1, 0.15) is 16.7 Å². The van der Waals surface area contributed by atoms with Gasteiger partial charge in [0, 0.05) is 32.0 Å². The third kappa shape index (κ3) is 6.04. The van der Waals surface area contributed by atoms with E-state index >= 15 is 0 Å². The second kappa shape index (κ2) is 11.7. The summed E-state index contributed by atoms with van der Waals surface area (Å²) in [4.78, 5) is 42.7. The summed E-state index contributed by atoms with van der Waals surface area (Å²) in [6, 6.07) is 20.5. The summed E-state index contributed by atoms with van der Waals surface area (Å²) in [6.07, 6.45) is 0. The molecule has 4 aromatic rings. The normalized spacial score (nSPS) is 11.5. The molecule has 4 rings (SSSR count). The molecule has 1 aromatic heterocycles. The van der Waals surface area contributed by atoms with Gasteiger partial charge in [-0.15, -0.1) is 0 Å². The number of nitrogens with zero attached hydrogens (tertiary/aromatic N) is 3. The first-order valence-electron chi connectivity index (χ1n) is 11.9. The number of anilines is 3. The largest absolute Gasteiger partial charge is 0.395 e. The van der Waals surface area contributed by atoms with Gasteiger partial charge in [0.2, 0.25) is 5.91 Å². The van der Waals surface area contributed by atoms with E-state index in [1.54, 1.807) is 12.1 Å². The molecular formula is C28H27FN6O3S. The first kappa shape index (κ1) is 27.3. The summed E-state index contributed by atoms with van der Waals surface area (Å²) in [5.74, 6) is -2.57. The van der Waals surface area contributed by atoms with Crippen LogP contribution in [0.1, 0.15) is 37.3 Å². The minimum atomic E-state index is -1.18. The van der Waals surface area contributed by atoms with E-state index in [1.807, 2.05) is 61.5 Å². The van der Waals surface area contributed by atoms with Crippen molar-refractivity contribution in [1.29, 1.82) is 0 Å². The fraction of sp³-hybridized carbons (Fsp3) is 0.143. The molecule has 3 amide bonds. The number of primary amides is 1. The predicted octanol–water partition coefficient (Wildman–Crippen LogP) is 3.73. The number of carbonyl (C=O) groups is 3. The van der Waals surface area contributed by atoms with Crippen LogP contribution in [-0.4, -0.2) is 36.2 Å². The van der Waals surface area contributed by atoms with Gasteiger partial charge >= 0.3 is 0 Å². The molecule has 0 aliphatic carbocycles. The number of nitrogens with two attached hydrogens (primary N) is 2. The number of halogens is 1. The first-order valence-corrected chi connectivity index (χ1v) is 12.7. The van der Waals surface area contributed by atoms with E-state index in [9.17, 15) is 18.8 Å². The number of hydrogen-bond donors (Lipinski definition) is 3. The maximum Gasteiger partial charge on any atom is 0.273 e. The lowest BCUT2D eigenvalue weighted by Gasteiger charge is -2.31. The molecule has 1 heterocycles. The van der Waals surface area contributed by atoms with E-state index in [0.717, 1.165) is 11.3 Å². The monoisotopic (exact) mass is 546 g/mol. The minimum Gasteiger partial charge on any atom is -0.395 e.